The maximum absolute atomic E-state index is 13.8. The molecule has 1 heterocycles. The van der Waals surface area contributed by atoms with Gasteiger partial charge in [0.15, 0.2) is 11.6 Å². The van der Waals surface area contributed by atoms with E-state index in [0.29, 0.717) is 49.0 Å². The maximum atomic E-state index is 13.8. The van der Waals surface area contributed by atoms with Crippen molar-refractivity contribution in [2.45, 2.75) is 51.1 Å². The Kier molecular flexibility index (Phi) is 8.09. The molecule has 0 saturated carbocycles. The van der Waals surface area contributed by atoms with Crippen LogP contribution in [0.15, 0.2) is 60.7 Å². The lowest BCUT2D eigenvalue weighted by atomic mass is 9.87. The highest BCUT2D eigenvalue weighted by molar-refractivity contribution is 5.79. The van der Waals surface area contributed by atoms with Gasteiger partial charge in [0.2, 0.25) is 0 Å². The molecule has 202 valence electrons. The minimum absolute atomic E-state index is 0.0617. The quantitative estimate of drug-likeness (QED) is 0.312. The first-order valence-corrected chi connectivity index (χ1v) is 12.7. The second-order valence-corrected chi connectivity index (χ2v) is 10.3. The number of hydrogen-bond acceptors (Lipinski definition) is 2. The van der Waals surface area contributed by atoms with E-state index in [9.17, 15) is 31.9 Å². The van der Waals surface area contributed by atoms with Gasteiger partial charge in [-0.1, -0.05) is 38.1 Å². The van der Waals surface area contributed by atoms with E-state index in [-0.39, 0.29) is 11.8 Å². The Labute approximate surface area is 218 Å². The van der Waals surface area contributed by atoms with E-state index in [1.54, 1.807) is 12.1 Å². The molecule has 1 atom stereocenters. The Hall–Kier alpha value is -3.42. The third-order valence-corrected chi connectivity index (χ3v) is 7.17. The van der Waals surface area contributed by atoms with Crippen LogP contribution in [0.1, 0.15) is 61.6 Å². The highest BCUT2D eigenvalue weighted by Crippen LogP contribution is 2.37. The van der Waals surface area contributed by atoms with E-state index in [0.717, 1.165) is 29.4 Å². The average Bonchev–Trinajstić information content (AvgIpc) is 2.88. The third kappa shape index (κ3) is 6.34. The summed E-state index contributed by atoms with van der Waals surface area (Å²) in [4.78, 5) is 14.3. The zero-order chi connectivity index (χ0) is 27.6. The molecule has 1 N–H and O–H groups in total. The van der Waals surface area contributed by atoms with Crippen molar-refractivity contribution in [1.29, 1.82) is 0 Å². The van der Waals surface area contributed by atoms with Gasteiger partial charge in [-0.05, 0) is 89.8 Å². The number of anilines is 1. The summed E-state index contributed by atoms with van der Waals surface area (Å²) < 4.78 is 66.4. The van der Waals surface area contributed by atoms with Crippen LogP contribution in [0.2, 0.25) is 0 Å². The lowest BCUT2D eigenvalue weighted by Gasteiger charge is -2.34. The van der Waals surface area contributed by atoms with Crippen molar-refractivity contribution in [2.24, 2.45) is 5.92 Å². The Morgan fingerprint density at radius 1 is 0.921 bits per heavy atom. The second kappa shape index (κ2) is 11.1. The second-order valence-electron chi connectivity index (χ2n) is 10.3. The lowest BCUT2D eigenvalue weighted by molar-refractivity contribution is -0.139. The van der Waals surface area contributed by atoms with Gasteiger partial charge < -0.3 is 10.0 Å². The van der Waals surface area contributed by atoms with Gasteiger partial charge in [0, 0.05) is 18.8 Å². The summed E-state index contributed by atoms with van der Waals surface area (Å²) in [7, 11) is 0. The minimum atomic E-state index is -4.45. The molecule has 4 rings (SSSR count). The maximum Gasteiger partial charge on any atom is 0.416 e. The summed E-state index contributed by atoms with van der Waals surface area (Å²) in [6.45, 7) is 5.11. The average molecular weight is 532 g/mol. The molecule has 1 saturated heterocycles. The normalized spacial score (nSPS) is 15.6. The molecule has 1 unspecified atom stereocenters. The summed E-state index contributed by atoms with van der Waals surface area (Å²) in [6.07, 6.45) is -2.64. The first kappa shape index (κ1) is 27.6. The van der Waals surface area contributed by atoms with Gasteiger partial charge in [-0.15, -0.1) is 0 Å². The van der Waals surface area contributed by atoms with Gasteiger partial charge in [-0.3, -0.25) is 4.79 Å². The smallest absolute Gasteiger partial charge is 0.416 e. The van der Waals surface area contributed by atoms with Crippen molar-refractivity contribution in [3.63, 3.8) is 0 Å². The van der Waals surface area contributed by atoms with E-state index in [2.05, 4.69) is 4.90 Å². The van der Waals surface area contributed by atoms with Crippen LogP contribution in [0, 0.1) is 17.6 Å². The molecule has 0 aliphatic carbocycles. The molecule has 0 spiro atoms. The van der Waals surface area contributed by atoms with Crippen LogP contribution < -0.4 is 4.90 Å². The SMILES string of the molecule is CC(C)CC(C(=O)O)c1cc(-c2ccc(C(F)(F)F)cc2)cc(N2CCC(c3ccc(F)c(F)c3)CC2)c1. The van der Waals surface area contributed by atoms with Crippen molar-refractivity contribution in [3.05, 3.63) is 89.0 Å². The number of carbonyl (C=O) groups is 1. The fraction of sp³-hybridized carbons (Fsp3) is 0.367. The van der Waals surface area contributed by atoms with Gasteiger partial charge in [-0.25, -0.2) is 8.78 Å². The summed E-state index contributed by atoms with van der Waals surface area (Å²) >= 11 is 0. The molecule has 0 radical (unpaired) electrons. The predicted octanol–water partition coefficient (Wildman–Crippen LogP) is 8.25. The van der Waals surface area contributed by atoms with Gasteiger partial charge >= 0.3 is 12.1 Å². The number of rotatable bonds is 7. The molecule has 1 aliphatic rings. The molecule has 38 heavy (non-hydrogen) atoms. The Bertz CT molecular complexity index is 1280. The van der Waals surface area contributed by atoms with Crippen molar-refractivity contribution >= 4 is 11.7 Å². The number of benzene rings is 3. The van der Waals surface area contributed by atoms with Crippen LogP contribution in [0.25, 0.3) is 11.1 Å². The monoisotopic (exact) mass is 531 g/mol. The van der Waals surface area contributed by atoms with Gasteiger partial charge in [-0.2, -0.15) is 13.2 Å². The van der Waals surface area contributed by atoms with Gasteiger partial charge in [0.25, 0.3) is 0 Å². The molecule has 0 bridgehead atoms. The van der Waals surface area contributed by atoms with Crippen LogP contribution in [-0.4, -0.2) is 24.2 Å². The Morgan fingerprint density at radius 2 is 1.58 bits per heavy atom. The summed E-state index contributed by atoms with van der Waals surface area (Å²) in [5, 5.41) is 9.97. The highest BCUT2D eigenvalue weighted by atomic mass is 19.4. The Morgan fingerprint density at radius 3 is 2.13 bits per heavy atom. The number of carboxylic acid groups (broad SMARTS) is 1. The predicted molar refractivity (Wildman–Crippen MR) is 137 cm³/mol. The van der Waals surface area contributed by atoms with Crippen molar-refractivity contribution in [2.75, 3.05) is 18.0 Å². The lowest BCUT2D eigenvalue weighted by Crippen LogP contribution is -2.33. The van der Waals surface area contributed by atoms with E-state index in [4.69, 9.17) is 0 Å². The summed E-state index contributed by atoms with van der Waals surface area (Å²) in [5.74, 6) is -3.28. The fourth-order valence-electron chi connectivity index (χ4n) is 5.12. The molecular weight excluding hydrogens is 501 g/mol. The van der Waals surface area contributed by atoms with Crippen molar-refractivity contribution in [3.8, 4) is 11.1 Å². The number of alkyl halides is 3. The molecule has 0 aromatic heterocycles. The molecule has 3 aromatic rings. The van der Waals surface area contributed by atoms with Gasteiger partial charge in [0.05, 0.1) is 11.5 Å². The zero-order valence-electron chi connectivity index (χ0n) is 21.2. The summed E-state index contributed by atoms with van der Waals surface area (Å²) in [6, 6.07) is 14.3. The van der Waals surface area contributed by atoms with Crippen molar-refractivity contribution < 1.29 is 31.9 Å². The minimum Gasteiger partial charge on any atom is -0.481 e. The van der Waals surface area contributed by atoms with E-state index < -0.39 is 35.3 Å². The Balaban J connectivity index is 1.66. The molecule has 3 aromatic carbocycles. The number of carboxylic acids is 1. The van der Waals surface area contributed by atoms with E-state index in [1.807, 2.05) is 26.0 Å². The van der Waals surface area contributed by atoms with Crippen LogP contribution in [0.3, 0.4) is 0 Å². The largest absolute Gasteiger partial charge is 0.481 e. The summed E-state index contributed by atoms with van der Waals surface area (Å²) in [5.41, 5.74) is 2.58. The van der Waals surface area contributed by atoms with Crippen LogP contribution >= 0.6 is 0 Å². The number of aliphatic carboxylic acids is 1. The molecule has 8 heteroatoms. The first-order valence-electron chi connectivity index (χ1n) is 12.7. The number of nitrogens with zero attached hydrogens (tertiary/aromatic N) is 1. The number of halogens is 5. The number of piperidine rings is 1. The molecule has 3 nitrogen and oxygen atoms in total. The van der Waals surface area contributed by atoms with Gasteiger partial charge in [0.1, 0.15) is 0 Å². The first-order chi connectivity index (χ1) is 17.9. The van der Waals surface area contributed by atoms with Crippen LogP contribution in [0.4, 0.5) is 27.6 Å². The fourth-order valence-corrected chi connectivity index (χ4v) is 5.12. The standard InChI is InChI=1S/C30H30F5NO2/c1-18(2)13-26(29(37)38)23-14-22(19-3-6-24(7-4-19)30(33,34)35)15-25(16-23)36-11-9-20(10-12-36)21-5-8-27(31)28(32)17-21/h3-8,14-18,20,26H,9-13H2,1-2H3,(H,37,38). The molecular formula is C30H30F5NO2. The van der Waals surface area contributed by atoms with E-state index in [1.165, 1.54) is 18.2 Å². The zero-order valence-corrected chi connectivity index (χ0v) is 21.2. The highest BCUT2D eigenvalue weighted by Gasteiger charge is 2.30. The topological polar surface area (TPSA) is 40.5 Å². The third-order valence-electron chi connectivity index (χ3n) is 7.17. The van der Waals surface area contributed by atoms with Crippen LogP contribution in [-0.2, 0) is 11.0 Å². The molecule has 0 amide bonds. The molecule has 1 aliphatic heterocycles. The van der Waals surface area contributed by atoms with E-state index >= 15 is 0 Å². The number of hydrogen-bond donors (Lipinski definition) is 1. The van der Waals surface area contributed by atoms with Crippen molar-refractivity contribution in [1.82, 2.24) is 0 Å². The molecule has 1 fully saturated rings. The van der Waals surface area contributed by atoms with Crippen LogP contribution in [0.5, 0.6) is 0 Å².